The van der Waals surface area contributed by atoms with Crippen LogP contribution in [0.4, 0.5) is 5.95 Å². The molecule has 0 spiro atoms. The van der Waals surface area contributed by atoms with Crippen LogP contribution < -0.4 is 27.2 Å². The van der Waals surface area contributed by atoms with E-state index in [0.717, 1.165) is 38.8 Å². The summed E-state index contributed by atoms with van der Waals surface area (Å²) in [6.07, 6.45) is 3.56. The number of hydrogen-bond acceptors (Lipinski definition) is 7. The predicted molar refractivity (Wildman–Crippen MR) is 122 cm³/mol. The highest BCUT2D eigenvalue weighted by molar-refractivity contribution is 5.75. The molecule has 0 aliphatic carbocycles. The molecule has 0 amide bonds. The lowest BCUT2D eigenvalue weighted by Crippen LogP contribution is -2.49. The van der Waals surface area contributed by atoms with Gasteiger partial charge in [0.15, 0.2) is 11.2 Å². The van der Waals surface area contributed by atoms with Gasteiger partial charge in [-0.3, -0.25) is 18.5 Å². The lowest BCUT2D eigenvalue weighted by atomic mass is 9.92. The van der Waals surface area contributed by atoms with Gasteiger partial charge in [-0.05, 0) is 39.2 Å². The summed E-state index contributed by atoms with van der Waals surface area (Å²) < 4.78 is 4.46. The van der Waals surface area contributed by atoms with E-state index in [2.05, 4.69) is 28.1 Å². The average Bonchev–Trinajstić information content (AvgIpc) is 3.19. The van der Waals surface area contributed by atoms with E-state index in [1.54, 1.807) is 18.5 Å². The van der Waals surface area contributed by atoms with Crippen LogP contribution >= 0.6 is 0 Å². The molecule has 0 radical (unpaired) electrons. The summed E-state index contributed by atoms with van der Waals surface area (Å²) in [5.74, 6) is 6.30. The number of nitrogens with two attached hydrogens (primary N) is 1. The zero-order valence-electron chi connectivity index (χ0n) is 18.7. The third-order valence-corrected chi connectivity index (χ3v) is 6.50. The maximum Gasteiger partial charge on any atom is 0.332 e. The molecule has 10 heteroatoms. The summed E-state index contributed by atoms with van der Waals surface area (Å²) in [5, 5.41) is 12.8. The summed E-state index contributed by atoms with van der Waals surface area (Å²) in [6, 6.07) is 2.10. The van der Waals surface area contributed by atoms with Crippen LogP contribution in [0.5, 0.6) is 0 Å². The zero-order chi connectivity index (χ0) is 22.8. The van der Waals surface area contributed by atoms with E-state index in [0.29, 0.717) is 30.2 Å². The minimum Gasteiger partial charge on any atom is -0.341 e. The number of fused-ring (bicyclic) bond motifs is 1. The average molecular weight is 439 g/mol. The number of anilines is 1. The van der Waals surface area contributed by atoms with E-state index in [-0.39, 0.29) is 24.5 Å². The first-order valence-corrected chi connectivity index (χ1v) is 11.2. The SMILES string of the molecule is CC#CCn1c(N2CCC[C@@H](N)C2)nc2c1c(=O)n(CC1NCCCC1C#N)c(=O)n2C. The first kappa shape index (κ1) is 22.1. The number of piperidine rings is 2. The van der Waals surface area contributed by atoms with Crippen LogP contribution in [-0.2, 0) is 20.1 Å². The van der Waals surface area contributed by atoms with E-state index < -0.39 is 11.2 Å². The highest BCUT2D eigenvalue weighted by atomic mass is 16.2. The van der Waals surface area contributed by atoms with Crippen LogP contribution in [0.2, 0.25) is 0 Å². The van der Waals surface area contributed by atoms with E-state index in [9.17, 15) is 14.9 Å². The second-order valence-electron chi connectivity index (χ2n) is 8.64. The Morgan fingerprint density at radius 2 is 2.06 bits per heavy atom. The van der Waals surface area contributed by atoms with Crippen LogP contribution in [0.3, 0.4) is 0 Å². The van der Waals surface area contributed by atoms with Crippen LogP contribution in [0.25, 0.3) is 11.2 Å². The zero-order valence-corrected chi connectivity index (χ0v) is 18.7. The van der Waals surface area contributed by atoms with Crippen molar-refractivity contribution >= 4 is 17.1 Å². The normalized spacial score (nSPS) is 23.6. The summed E-state index contributed by atoms with van der Waals surface area (Å²) in [6.45, 7) is 4.39. The molecule has 170 valence electrons. The molecule has 2 aliphatic heterocycles. The predicted octanol–water partition coefficient (Wildman–Crippen LogP) is -0.261. The number of rotatable bonds is 4. The minimum atomic E-state index is -0.431. The van der Waals surface area contributed by atoms with Gasteiger partial charge in [-0.1, -0.05) is 5.92 Å². The van der Waals surface area contributed by atoms with E-state index in [4.69, 9.17) is 10.7 Å². The quantitative estimate of drug-likeness (QED) is 0.630. The number of nitrogens with zero attached hydrogens (tertiary/aromatic N) is 6. The summed E-state index contributed by atoms with van der Waals surface area (Å²) in [5.41, 5.74) is 6.05. The monoisotopic (exact) mass is 438 g/mol. The molecule has 3 atom stereocenters. The van der Waals surface area contributed by atoms with E-state index in [1.165, 1.54) is 9.13 Å². The number of nitrogens with one attached hydrogen (secondary N) is 1. The van der Waals surface area contributed by atoms with Gasteiger partial charge < -0.3 is 16.0 Å². The summed E-state index contributed by atoms with van der Waals surface area (Å²) >= 11 is 0. The molecule has 0 saturated carbocycles. The van der Waals surface area contributed by atoms with Crippen LogP contribution in [0.1, 0.15) is 32.6 Å². The Morgan fingerprint density at radius 1 is 1.25 bits per heavy atom. The first-order valence-electron chi connectivity index (χ1n) is 11.2. The molecule has 2 aromatic heterocycles. The van der Waals surface area contributed by atoms with Crippen molar-refractivity contribution in [2.24, 2.45) is 18.7 Å². The van der Waals surface area contributed by atoms with Crippen molar-refractivity contribution in [1.29, 1.82) is 5.26 Å². The molecule has 2 fully saturated rings. The van der Waals surface area contributed by atoms with Crippen molar-refractivity contribution in [3.8, 4) is 17.9 Å². The van der Waals surface area contributed by atoms with Gasteiger partial charge in [-0.2, -0.15) is 10.2 Å². The van der Waals surface area contributed by atoms with Crippen molar-refractivity contribution in [1.82, 2.24) is 24.0 Å². The highest BCUT2D eigenvalue weighted by Crippen LogP contribution is 2.23. The molecular formula is C22H30N8O2. The summed E-state index contributed by atoms with van der Waals surface area (Å²) in [4.78, 5) is 33.5. The Kier molecular flexibility index (Phi) is 6.35. The van der Waals surface area contributed by atoms with E-state index >= 15 is 0 Å². The summed E-state index contributed by atoms with van der Waals surface area (Å²) in [7, 11) is 1.63. The molecule has 4 heterocycles. The van der Waals surface area contributed by atoms with Crippen LogP contribution in [-0.4, -0.2) is 50.4 Å². The van der Waals surface area contributed by atoms with Crippen molar-refractivity contribution in [2.45, 2.75) is 57.8 Å². The molecule has 3 N–H and O–H groups in total. The fourth-order valence-electron chi connectivity index (χ4n) is 4.76. The highest BCUT2D eigenvalue weighted by Gasteiger charge is 2.29. The lowest BCUT2D eigenvalue weighted by molar-refractivity contribution is 0.297. The fourth-order valence-corrected chi connectivity index (χ4v) is 4.76. The van der Waals surface area contributed by atoms with Gasteiger partial charge in [0, 0.05) is 38.8 Å². The van der Waals surface area contributed by atoms with Crippen molar-refractivity contribution in [3.05, 3.63) is 20.8 Å². The van der Waals surface area contributed by atoms with Gasteiger partial charge in [-0.25, -0.2) is 4.79 Å². The second-order valence-corrected chi connectivity index (χ2v) is 8.64. The van der Waals surface area contributed by atoms with Gasteiger partial charge in [-0.15, -0.1) is 5.92 Å². The Hall–Kier alpha value is -3.08. The molecule has 2 saturated heterocycles. The van der Waals surface area contributed by atoms with Crippen molar-refractivity contribution < 1.29 is 0 Å². The molecule has 0 aromatic carbocycles. The van der Waals surface area contributed by atoms with E-state index in [1.807, 2.05) is 0 Å². The second kappa shape index (κ2) is 9.19. The van der Waals surface area contributed by atoms with Crippen LogP contribution in [0, 0.1) is 29.1 Å². The number of aromatic nitrogens is 4. The molecule has 2 unspecified atom stereocenters. The maximum absolute atomic E-state index is 13.6. The molecule has 2 aromatic rings. The van der Waals surface area contributed by atoms with Gasteiger partial charge in [0.1, 0.15) is 0 Å². The standard InChI is InChI=1S/C22H30N8O2/c1-3-4-11-29-18-19(26-21(29)28-10-6-8-16(24)13-28)27(2)22(32)30(20(18)31)14-17-15(12-23)7-5-9-25-17/h15-17,25H,5-11,13-14,24H2,1-2H3/t15?,16-,17?/m1/s1. The molecule has 4 rings (SSSR count). The van der Waals surface area contributed by atoms with Crippen molar-refractivity contribution in [3.63, 3.8) is 0 Å². The van der Waals surface area contributed by atoms with Crippen LogP contribution in [0.15, 0.2) is 9.59 Å². The molecular weight excluding hydrogens is 408 g/mol. The molecule has 32 heavy (non-hydrogen) atoms. The number of aryl methyl sites for hydroxylation is 1. The Labute approximate surface area is 186 Å². The smallest absolute Gasteiger partial charge is 0.332 e. The molecule has 0 bridgehead atoms. The van der Waals surface area contributed by atoms with Gasteiger partial charge in [0.2, 0.25) is 5.95 Å². The fraction of sp³-hybridized carbons (Fsp3) is 0.636. The van der Waals surface area contributed by atoms with Gasteiger partial charge in [0.05, 0.1) is 18.5 Å². The molecule has 10 nitrogen and oxygen atoms in total. The lowest BCUT2D eigenvalue weighted by Gasteiger charge is -2.31. The number of nitriles is 1. The maximum atomic E-state index is 13.6. The number of imidazole rings is 1. The Morgan fingerprint density at radius 3 is 2.78 bits per heavy atom. The largest absolute Gasteiger partial charge is 0.341 e. The van der Waals surface area contributed by atoms with Gasteiger partial charge >= 0.3 is 5.69 Å². The van der Waals surface area contributed by atoms with Gasteiger partial charge in [0.25, 0.3) is 5.56 Å². The first-order chi connectivity index (χ1) is 15.5. The third-order valence-electron chi connectivity index (χ3n) is 6.50. The number of hydrogen-bond donors (Lipinski definition) is 2. The topological polar surface area (TPSA) is 127 Å². The van der Waals surface area contributed by atoms with Crippen molar-refractivity contribution in [2.75, 3.05) is 24.5 Å². The Balaban J connectivity index is 1.87. The molecule has 2 aliphatic rings. The Bertz CT molecular complexity index is 1220. The minimum absolute atomic E-state index is 0.0371. The third kappa shape index (κ3) is 3.92.